The molecule has 1 aliphatic rings. The maximum atomic E-state index is 12.1. The second-order valence-corrected chi connectivity index (χ2v) is 6.23. The van der Waals surface area contributed by atoms with Gasteiger partial charge in [-0.15, -0.1) is 11.8 Å². The van der Waals surface area contributed by atoms with Crippen molar-refractivity contribution in [2.24, 2.45) is 5.73 Å². The van der Waals surface area contributed by atoms with Crippen LogP contribution in [0.1, 0.15) is 12.0 Å². The fourth-order valence-electron chi connectivity index (χ4n) is 2.41. The van der Waals surface area contributed by atoms with E-state index in [9.17, 15) is 4.79 Å². The van der Waals surface area contributed by atoms with Crippen LogP contribution in [-0.4, -0.2) is 43.7 Å². The first-order chi connectivity index (χ1) is 9.06. The summed E-state index contributed by atoms with van der Waals surface area (Å²) in [7, 11) is 4.03. The van der Waals surface area contributed by atoms with Gasteiger partial charge in [0.15, 0.2) is 0 Å². The Hall–Kier alpha value is -1.04. The molecule has 5 heteroatoms. The Kier molecular flexibility index (Phi) is 4.50. The quantitative estimate of drug-likeness (QED) is 0.845. The molecule has 0 aliphatic carbocycles. The van der Waals surface area contributed by atoms with Gasteiger partial charge in [-0.05, 0) is 32.1 Å². The highest BCUT2D eigenvalue weighted by molar-refractivity contribution is 7.99. The lowest BCUT2D eigenvalue weighted by Crippen LogP contribution is -2.55. The zero-order chi connectivity index (χ0) is 13.9. The normalized spacial score (nSPS) is 22.3. The topological polar surface area (TPSA) is 58.4 Å². The number of rotatable bonds is 5. The number of hydrogen-bond acceptors (Lipinski definition) is 4. The smallest absolute Gasteiger partial charge is 0.242 e. The second kappa shape index (κ2) is 5.94. The molecule has 3 N–H and O–H groups in total. The van der Waals surface area contributed by atoms with Gasteiger partial charge >= 0.3 is 0 Å². The molecule has 1 aromatic carbocycles. The number of hydrogen-bond donors (Lipinski definition) is 2. The SMILES string of the molecule is CN(C)CCNC1(C(N)=O)CCSc2ccccc21. The van der Waals surface area contributed by atoms with Crippen LogP contribution in [0.25, 0.3) is 0 Å². The lowest BCUT2D eigenvalue weighted by molar-refractivity contribution is -0.125. The molecule has 0 aromatic heterocycles. The third-order valence-electron chi connectivity index (χ3n) is 3.49. The van der Waals surface area contributed by atoms with Gasteiger partial charge in [0.25, 0.3) is 0 Å². The third-order valence-corrected chi connectivity index (χ3v) is 4.56. The number of carbonyl (C=O) groups is 1. The molecule has 1 aliphatic heterocycles. The van der Waals surface area contributed by atoms with Crippen LogP contribution in [0.4, 0.5) is 0 Å². The van der Waals surface area contributed by atoms with E-state index in [0.717, 1.165) is 35.7 Å². The number of nitrogens with one attached hydrogen (secondary N) is 1. The summed E-state index contributed by atoms with van der Waals surface area (Å²) in [5.74, 6) is 0.633. The zero-order valence-corrected chi connectivity index (χ0v) is 12.3. The highest BCUT2D eigenvalue weighted by Gasteiger charge is 2.41. The highest BCUT2D eigenvalue weighted by atomic mass is 32.2. The predicted molar refractivity (Wildman–Crippen MR) is 79.2 cm³/mol. The predicted octanol–water partition coefficient (Wildman–Crippen LogP) is 1.01. The Balaban J connectivity index is 2.28. The lowest BCUT2D eigenvalue weighted by atomic mass is 9.85. The van der Waals surface area contributed by atoms with Crippen molar-refractivity contribution >= 4 is 17.7 Å². The minimum Gasteiger partial charge on any atom is -0.368 e. The summed E-state index contributed by atoms with van der Waals surface area (Å²) in [6.45, 7) is 1.62. The Labute approximate surface area is 118 Å². The van der Waals surface area contributed by atoms with Crippen LogP contribution < -0.4 is 11.1 Å². The van der Waals surface area contributed by atoms with Gasteiger partial charge in [-0.2, -0.15) is 0 Å². The van der Waals surface area contributed by atoms with Crippen LogP contribution in [0.15, 0.2) is 29.2 Å². The summed E-state index contributed by atoms with van der Waals surface area (Å²) in [5, 5.41) is 3.39. The Bertz CT molecular complexity index is 464. The maximum Gasteiger partial charge on any atom is 0.242 e. The molecular weight excluding hydrogens is 258 g/mol. The van der Waals surface area contributed by atoms with E-state index in [4.69, 9.17) is 5.73 Å². The summed E-state index contributed by atoms with van der Waals surface area (Å²) in [4.78, 5) is 15.3. The molecule has 104 valence electrons. The first kappa shape index (κ1) is 14.4. The van der Waals surface area contributed by atoms with E-state index in [1.807, 2.05) is 32.3 Å². The van der Waals surface area contributed by atoms with Crippen molar-refractivity contribution < 1.29 is 4.79 Å². The van der Waals surface area contributed by atoms with Crippen molar-refractivity contribution in [1.29, 1.82) is 0 Å². The first-order valence-electron chi connectivity index (χ1n) is 6.48. The average molecular weight is 279 g/mol. The average Bonchev–Trinajstić information content (AvgIpc) is 2.38. The fourth-order valence-corrected chi connectivity index (χ4v) is 3.61. The van der Waals surface area contributed by atoms with Crippen LogP contribution in [0.2, 0.25) is 0 Å². The van der Waals surface area contributed by atoms with Gasteiger partial charge in [-0.3, -0.25) is 10.1 Å². The standard InChI is InChI=1S/C14H21N3OS/c1-17(2)9-8-16-14(13(15)18)7-10-19-12-6-4-3-5-11(12)14/h3-6,16H,7-10H2,1-2H3,(H2,15,18). The molecule has 0 bridgehead atoms. The fraction of sp³-hybridized carbons (Fsp3) is 0.500. The molecule has 19 heavy (non-hydrogen) atoms. The van der Waals surface area contributed by atoms with Crippen molar-refractivity contribution in [3.05, 3.63) is 29.8 Å². The summed E-state index contributed by atoms with van der Waals surface area (Å²) in [6, 6.07) is 8.04. The molecule has 0 saturated carbocycles. The van der Waals surface area contributed by atoms with Crippen molar-refractivity contribution in [3.8, 4) is 0 Å². The molecule has 1 unspecified atom stereocenters. The Morgan fingerprint density at radius 1 is 1.47 bits per heavy atom. The number of carbonyl (C=O) groups excluding carboxylic acids is 1. The monoisotopic (exact) mass is 279 g/mol. The summed E-state index contributed by atoms with van der Waals surface area (Å²) >= 11 is 1.79. The van der Waals surface area contributed by atoms with E-state index in [0.29, 0.717) is 0 Å². The molecule has 1 aromatic rings. The van der Waals surface area contributed by atoms with Crippen LogP contribution in [0, 0.1) is 0 Å². The van der Waals surface area contributed by atoms with Crippen LogP contribution in [0.3, 0.4) is 0 Å². The number of primary amides is 1. The number of thioether (sulfide) groups is 1. The van der Waals surface area contributed by atoms with E-state index < -0.39 is 5.54 Å². The number of amides is 1. The number of likely N-dealkylation sites (N-methyl/N-ethyl adjacent to an activating group) is 1. The van der Waals surface area contributed by atoms with Gasteiger partial charge < -0.3 is 10.6 Å². The van der Waals surface area contributed by atoms with Crippen LogP contribution >= 0.6 is 11.8 Å². The third kappa shape index (κ3) is 2.94. The largest absolute Gasteiger partial charge is 0.368 e. The molecule has 2 rings (SSSR count). The molecule has 0 saturated heterocycles. The molecule has 0 spiro atoms. The zero-order valence-electron chi connectivity index (χ0n) is 11.5. The minimum absolute atomic E-state index is 0.279. The summed E-state index contributed by atoms with van der Waals surface area (Å²) < 4.78 is 0. The molecule has 0 radical (unpaired) electrons. The molecule has 1 heterocycles. The van der Waals surface area contributed by atoms with Gasteiger partial charge in [-0.25, -0.2) is 0 Å². The van der Waals surface area contributed by atoms with Crippen LogP contribution in [-0.2, 0) is 10.3 Å². The van der Waals surface area contributed by atoms with E-state index >= 15 is 0 Å². The first-order valence-corrected chi connectivity index (χ1v) is 7.47. The summed E-state index contributed by atoms with van der Waals surface area (Å²) in [5.41, 5.74) is 6.02. The Morgan fingerprint density at radius 3 is 2.89 bits per heavy atom. The molecule has 0 fully saturated rings. The van der Waals surface area contributed by atoms with E-state index in [1.165, 1.54) is 0 Å². The lowest BCUT2D eigenvalue weighted by Gasteiger charge is -2.37. The second-order valence-electron chi connectivity index (χ2n) is 5.09. The van der Waals surface area contributed by atoms with Gasteiger partial charge in [0.2, 0.25) is 5.91 Å². The van der Waals surface area contributed by atoms with E-state index in [1.54, 1.807) is 11.8 Å². The van der Waals surface area contributed by atoms with Gasteiger partial charge in [0, 0.05) is 23.7 Å². The van der Waals surface area contributed by atoms with E-state index in [-0.39, 0.29) is 5.91 Å². The van der Waals surface area contributed by atoms with Crippen molar-refractivity contribution in [2.45, 2.75) is 16.9 Å². The van der Waals surface area contributed by atoms with Gasteiger partial charge in [0.05, 0.1) is 0 Å². The Morgan fingerprint density at radius 2 is 2.21 bits per heavy atom. The van der Waals surface area contributed by atoms with Gasteiger partial charge in [0.1, 0.15) is 5.54 Å². The summed E-state index contributed by atoms with van der Waals surface area (Å²) in [6.07, 6.45) is 0.747. The van der Waals surface area contributed by atoms with E-state index in [2.05, 4.69) is 16.3 Å². The molecule has 4 nitrogen and oxygen atoms in total. The molecule has 1 atom stereocenters. The van der Waals surface area contributed by atoms with Crippen molar-refractivity contribution in [2.75, 3.05) is 32.9 Å². The van der Waals surface area contributed by atoms with Crippen molar-refractivity contribution in [1.82, 2.24) is 10.2 Å². The van der Waals surface area contributed by atoms with Gasteiger partial charge in [-0.1, -0.05) is 18.2 Å². The maximum absolute atomic E-state index is 12.1. The molecule has 1 amide bonds. The number of nitrogens with zero attached hydrogens (tertiary/aromatic N) is 1. The molecular formula is C14H21N3OS. The van der Waals surface area contributed by atoms with Crippen LogP contribution in [0.5, 0.6) is 0 Å². The highest BCUT2D eigenvalue weighted by Crippen LogP contribution is 2.39. The number of nitrogens with two attached hydrogens (primary N) is 1. The number of fused-ring (bicyclic) bond motifs is 1. The minimum atomic E-state index is -0.710. The van der Waals surface area contributed by atoms with Crippen molar-refractivity contribution in [3.63, 3.8) is 0 Å². The number of benzene rings is 1.